The zero-order chi connectivity index (χ0) is 24.5. The molecule has 3 aromatic heterocycles. The maximum absolute atomic E-state index is 15.0. The fourth-order valence-electron chi connectivity index (χ4n) is 4.45. The summed E-state index contributed by atoms with van der Waals surface area (Å²) < 4.78 is 40.1. The van der Waals surface area contributed by atoms with Gasteiger partial charge in [0.05, 0.1) is 14.2 Å². The average Bonchev–Trinajstić information content (AvgIpc) is 3.29. The van der Waals surface area contributed by atoms with E-state index < -0.39 is 11.6 Å². The first-order chi connectivity index (χ1) is 17.0. The lowest BCUT2D eigenvalue weighted by Gasteiger charge is -2.33. The number of piperazine rings is 1. The van der Waals surface area contributed by atoms with Crippen molar-refractivity contribution < 1.29 is 18.3 Å². The van der Waals surface area contributed by atoms with Crippen molar-refractivity contribution >= 4 is 16.9 Å². The number of anilines is 1. The minimum atomic E-state index is -0.741. The van der Waals surface area contributed by atoms with E-state index in [0.29, 0.717) is 5.65 Å². The molecule has 35 heavy (non-hydrogen) atoms. The third-order valence-corrected chi connectivity index (χ3v) is 6.55. The van der Waals surface area contributed by atoms with Gasteiger partial charge in [-0.3, -0.25) is 0 Å². The van der Waals surface area contributed by atoms with E-state index in [9.17, 15) is 8.78 Å². The van der Waals surface area contributed by atoms with Crippen LogP contribution in [0.25, 0.3) is 22.2 Å². The number of rotatable bonds is 6. The van der Waals surface area contributed by atoms with Crippen LogP contribution in [0.5, 0.6) is 11.5 Å². The van der Waals surface area contributed by atoms with Gasteiger partial charge in [-0.05, 0) is 36.4 Å². The molecule has 4 heterocycles. The third-order valence-electron chi connectivity index (χ3n) is 6.55. The van der Waals surface area contributed by atoms with Gasteiger partial charge in [0.15, 0.2) is 23.1 Å². The fraction of sp³-hybridized carbons (Fsp3) is 0.308. The minimum Gasteiger partial charge on any atom is -0.494 e. The first-order valence-corrected chi connectivity index (χ1v) is 11.4. The van der Waals surface area contributed by atoms with Crippen LogP contribution in [0.1, 0.15) is 11.1 Å². The Kier molecular flexibility index (Phi) is 6.25. The monoisotopic (exact) mass is 479 g/mol. The zero-order valence-corrected chi connectivity index (χ0v) is 19.9. The molecule has 0 atom stereocenters. The molecule has 1 aliphatic rings. The standard InChI is InChI=1S/C26H27F2N5O2/c1-32-6-8-33(9-7-32)23-12-16(4-5-29-23)17-10-19-18(15-31-26(19)30-14-17)11-20-24(27)21(34-2)13-22(35-3)25(20)28/h4-5,10,12-15H,6-9,11H2,1-3H3,(H,30,31). The van der Waals surface area contributed by atoms with E-state index in [1.165, 1.54) is 20.3 Å². The normalized spacial score (nSPS) is 14.5. The predicted octanol–water partition coefficient (Wildman–Crippen LogP) is 4.26. The number of fused-ring (bicyclic) bond motifs is 1. The van der Waals surface area contributed by atoms with Gasteiger partial charge in [-0.15, -0.1) is 0 Å². The molecule has 1 saturated heterocycles. The molecule has 7 nitrogen and oxygen atoms in total. The van der Waals surface area contributed by atoms with E-state index in [4.69, 9.17) is 9.47 Å². The van der Waals surface area contributed by atoms with Crippen LogP contribution in [0, 0.1) is 11.6 Å². The highest BCUT2D eigenvalue weighted by Crippen LogP contribution is 2.34. The van der Waals surface area contributed by atoms with Crippen LogP contribution in [-0.4, -0.2) is 67.3 Å². The van der Waals surface area contributed by atoms with Gasteiger partial charge in [-0.25, -0.2) is 18.7 Å². The molecule has 4 aromatic rings. The maximum atomic E-state index is 15.0. The molecule has 182 valence electrons. The first-order valence-electron chi connectivity index (χ1n) is 11.4. The lowest BCUT2D eigenvalue weighted by molar-refractivity contribution is 0.312. The Morgan fingerprint density at radius 1 is 0.943 bits per heavy atom. The summed E-state index contributed by atoms with van der Waals surface area (Å²) in [6, 6.07) is 7.21. The Morgan fingerprint density at radius 2 is 1.66 bits per heavy atom. The fourth-order valence-corrected chi connectivity index (χ4v) is 4.45. The maximum Gasteiger partial charge on any atom is 0.171 e. The van der Waals surface area contributed by atoms with E-state index >= 15 is 0 Å². The number of nitrogens with zero attached hydrogens (tertiary/aromatic N) is 4. The van der Waals surface area contributed by atoms with Gasteiger partial charge in [-0.2, -0.15) is 0 Å². The number of halogens is 2. The van der Waals surface area contributed by atoms with Crippen molar-refractivity contribution in [2.75, 3.05) is 52.3 Å². The molecule has 0 unspecified atom stereocenters. The van der Waals surface area contributed by atoms with Crippen LogP contribution in [0.4, 0.5) is 14.6 Å². The van der Waals surface area contributed by atoms with Gasteiger partial charge >= 0.3 is 0 Å². The van der Waals surface area contributed by atoms with Gasteiger partial charge in [0.1, 0.15) is 11.5 Å². The molecule has 1 fully saturated rings. The van der Waals surface area contributed by atoms with Crippen LogP contribution in [0.3, 0.4) is 0 Å². The van der Waals surface area contributed by atoms with Crippen LogP contribution in [0.2, 0.25) is 0 Å². The third kappa shape index (κ3) is 4.39. The number of pyridine rings is 2. The second-order valence-electron chi connectivity index (χ2n) is 8.69. The van der Waals surface area contributed by atoms with Crippen molar-refractivity contribution in [3.05, 3.63) is 65.6 Å². The molecule has 1 N–H and O–H groups in total. The summed E-state index contributed by atoms with van der Waals surface area (Å²) >= 11 is 0. The summed E-state index contributed by atoms with van der Waals surface area (Å²) in [5.41, 5.74) is 3.13. The molecule has 1 aromatic carbocycles. The number of likely N-dealkylation sites (N-methyl/N-ethyl adjacent to an activating group) is 1. The summed E-state index contributed by atoms with van der Waals surface area (Å²) in [6.45, 7) is 3.84. The average molecular weight is 480 g/mol. The highest BCUT2D eigenvalue weighted by atomic mass is 19.1. The van der Waals surface area contributed by atoms with Crippen LogP contribution in [-0.2, 0) is 6.42 Å². The Bertz CT molecular complexity index is 1340. The number of aromatic nitrogens is 3. The van der Waals surface area contributed by atoms with Crippen molar-refractivity contribution in [2.24, 2.45) is 0 Å². The van der Waals surface area contributed by atoms with Gasteiger partial charge < -0.3 is 24.3 Å². The molecule has 5 rings (SSSR count). The molecule has 1 aliphatic heterocycles. The highest BCUT2D eigenvalue weighted by Gasteiger charge is 2.22. The first kappa shape index (κ1) is 23.0. The van der Waals surface area contributed by atoms with E-state index in [1.54, 1.807) is 18.6 Å². The molecule has 0 aliphatic carbocycles. The SMILES string of the molecule is COc1cc(OC)c(F)c(Cc2c[nH]c3ncc(-c4ccnc(N5CCN(C)CC5)c4)cc23)c1F. The van der Waals surface area contributed by atoms with E-state index in [-0.39, 0.29) is 23.5 Å². The van der Waals surface area contributed by atoms with E-state index in [2.05, 4.69) is 37.9 Å². The summed E-state index contributed by atoms with van der Waals surface area (Å²) in [4.78, 5) is 16.8. The lowest BCUT2D eigenvalue weighted by Crippen LogP contribution is -2.44. The number of aromatic amines is 1. The van der Waals surface area contributed by atoms with Gasteiger partial charge in [0.2, 0.25) is 0 Å². The van der Waals surface area contributed by atoms with Crippen molar-refractivity contribution in [1.29, 1.82) is 0 Å². The Balaban J connectivity index is 1.50. The number of ether oxygens (including phenoxy) is 2. The van der Waals surface area contributed by atoms with Crippen LogP contribution >= 0.6 is 0 Å². The van der Waals surface area contributed by atoms with Gasteiger partial charge in [-0.1, -0.05) is 0 Å². The predicted molar refractivity (Wildman–Crippen MR) is 131 cm³/mol. The molecule has 0 radical (unpaired) electrons. The van der Waals surface area contributed by atoms with Crippen LogP contribution in [0.15, 0.2) is 42.9 Å². The molecule has 9 heteroatoms. The number of benzene rings is 1. The second kappa shape index (κ2) is 9.50. The van der Waals surface area contributed by atoms with Crippen molar-refractivity contribution in [3.63, 3.8) is 0 Å². The molecule has 0 amide bonds. The van der Waals surface area contributed by atoms with E-state index in [0.717, 1.165) is 54.1 Å². The summed E-state index contributed by atoms with van der Waals surface area (Å²) in [6.07, 6.45) is 5.34. The minimum absolute atomic E-state index is 0.0131. The van der Waals surface area contributed by atoms with Gasteiger partial charge in [0.25, 0.3) is 0 Å². The summed E-state index contributed by atoms with van der Waals surface area (Å²) in [7, 11) is 4.80. The number of nitrogens with one attached hydrogen (secondary N) is 1. The van der Waals surface area contributed by atoms with Crippen molar-refractivity contribution in [3.8, 4) is 22.6 Å². The quantitative estimate of drug-likeness (QED) is 0.446. The lowest BCUT2D eigenvalue weighted by atomic mass is 10.0. The number of hydrogen-bond acceptors (Lipinski definition) is 6. The molecule has 0 bridgehead atoms. The second-order valence-corrected chi connectivity index (χ2v) is 8.69. The Hall–Kier alpha value is -3.72. The molecular formula is C26H27F2N5O2. The zero-order valence-electron chi connectivity index (χ0n) is 19.9. The molecule has 0 spiro atoms. The Labute approximate surface area is 202 Å². The topological polar surface area (TPSA) is 66.5 Å². The summed E-state index contributed by atoms with van der Waals surface area (Å²) in [5.74, 6) is -0.682. The number of methoxy groups -OCH3 is 2. The van der Waals surface area contributed by atoms with E-state index in [1.807, 2.05) is 12.1 Å². The smallest absolute Gasteiger partial charge is 0.171 e. The number of hydrogen-bond donors (Lipinski definition) is 1. The molecule has 0 saturated carbocycles. The highest BCUT2D eigenvalue weighted by molar-refractivity contribution is 5.85. The Morgan fingerprint density at radius 3 is 2.34 bits per heavy atom. The largest absolute Gasteiger partial charge is 0.494 e. The van der Waals surface area contributed by atoms with Gasteiger partial charge in [0, 0.05) is 73.8 Å². The van der Waals surface area contributed by atoms with Crippen molar-refractivity contribution in [1.82, 2.24) is 19.9 Å². The van der Waals surface area contributed by atoms with Crippen LogP contribution < -0.4 is 14.4 Å². The van der Waals surface area contributed by atoms with Crippen molar-refractivity contribution in [2.45, 2.75) is 6.42 Å². The summed E-state index contributed by atoms with van der Waals surface area (Å²) in [5, 5.41) is 0.793. The molecular weight excluding hydrogens is 452 g/mol. The number of H-pyrrole nitrogens is 1.